The third kappa shape index (κ3) is 1.78. The van der Waals surface area contributed by atoms with Crippen LogP contribution < -0.4 is 0 Å². The Morgan fingerprint density at radius 2 is 1.91 bits per heavy atom. The summed E-state index contributed by atoms with van der Waals surface area (Å²) in [5.74, 6) is 1.60. The highest BCUT2D eigenvalue weighted by molar-refractivity contribution is 5.91. The maximum Gasteiger partial charge on any atom is 0.155 e. The lowest BCUT2D eigenvalue weighted by molar-refractivity contribution is -0.119. The van der Waals surface area contributed by atoms with Gasteiger partial charge in [0.15, 0.2) is 5.78 Å². The molecule has 0 bridgehead atoms. The molecule has 3 nitrogen and oxygen atoms in total. The molecular weight excluding hydrogens is 276 g/mol. The van der Waals surface area contributed by atoms with E-state index in [4.69, 9.17) is 0 Å². The van der Waals surface area contributed by atoms with Crippen LogP contribution in [0.3, 0.4) is 0 Å². The Labute approximate surface area is 132 Å². The fourth-order valence-corrected chi connectivity index (χ4v) is 6.59. The lowest BCUT2D eigenvalue weighted by Crippen LogP contribution is -2.52. The normalized spacial score (nSPS) is 54.3. The zero-order valence-corrected chi connectivity index (χ0v) is 13.7. The van der Waals surface area contributed by atoms with Crippen molar-refractivity contribution in [2.75, 3.05) is 0 Å². The molecule has 0 saturated heterocycles. The van der Waals surface area contributed by atoms with E-state index >= 15 is 0 Å². The molecule has 3 heteroatoms. The molecule has 3 saturated carbocycles. The zero-order chi connectivity index (χ0) is 15.7. The van der Waals surface area contributed by atoms with Gasteiger partial charge in [-0.25, -0.2) is 0 Å². The molecule has 22 heavy (non-hydrogen) atoms. The first-order valence-corrected chi connectivity index (χ1v) is 8.96. The lowest BCUT2D eigenvalue weighted by atomic mass is 9.47. The molecule has 0 aliphatic heterocycles. The molecule has 3 unspecified atom stereocenters. The third-order valence-electron chi connectivity index (χ3n) is 7.90. The molecule has 122 valence electrons. The van der Waals surface area contributed by atoms with Crippen LogP contribution >= 0.6 is 0 Å². The second-order valence-electron chi connectivity index (χ2n) is 8.75. The predicted octanol–water partition coefficient (Wildman–Crippen LogP) is 2.85. The predicted molar refractivity (Wildman–Crippen MR) is 84.1 cm³/mol. The van der Waals surface area contributed by atoms with Crippen LogP contribution in [0.25, 0.3) is 0 Å². The summed E-state index contributed by atoms with van der Waals surface area (Å²) in [4.78, 5) is 11.8. The first-order chi connectivity index (χ1) is 10.4. The molecule has 4 rings (SSSR count). The Balaban J connectivity index is 1.71. The number of aliphatic hydroxyl groups excluding tert-OH is 2. The summed E-state index contributed by atoms with van der Waals surface area (Å²) < 4.78 is 0. The molecule has 2 N–H and O–H groups in total. The first kappa shape index (κ1) is 14.9. The van der Waals surface area contributed by atoms with Crippen molar-refractivity contribution in [2.45, 2.75) is 71.0 Å². The summed E-state index contributed by atoms with van der Waals surface area (Å²) in [5.41, 5.74) is 1.40. The monoisotopic (exact) mass is 304 g/mol. The second-order valence-corrected chi connectivity index (χ2v) is 8.75. The highest BCUT2D eigenvalue weighted by Crippen LogP contribution is 2.65. The molecule has 0 spiro atoms. The molecule has 4 aliphatic rings. The standard InChI is InChI=1S/C19H28O3/c1-18-7-5-12(20)9-11(18)3-4-13-14(18)6-8-19(2)16(22)10-15(21)17(13)19/h9,13-17,21-22H,3-8,10H2,1-2H3/t13?,14-,15-,16-,17+,18?,19?/m0/s1. The van der Waals surface area contributed by atoms with E-state index in [9.17, 15) is 15.0 Å². The van der Waals surface area contributed by atoms with Crippen molar-refractivity contribution in [3.63, 3.8) is 0 Å². The summed E-state index contributed by atoms with van der Waals surface area (Å²) in [6.07, 6.45) is 7.62. The van der Waals surface area contributed by atoms with Gasteiger partial charge >= 0.3 is 0 Å². The van der Waals surface area contributed by atoms with Crippen LogP contribution in [0, 0.1) is 28.6 Å². The first-order valence-electron chi connectivity index (χ1n) is 8.96. The fourth-order valence-electron chi connectivity index (χ4n) is 6.59. The molecule has 0 aromatic rings. The second kappa shape index (κ2) is 4.67. The van der Waals surface area contributed by atoms with Gasteiger partial charge in [0, 0.05) is 12.8 Å². The highest BCUT2D eigenvalue weighted by atomic mass is 16.3. The summed E-state index contributed by atoms with van der Waals surface area (Å²) in [6, 6.07) is 0. The molecule has 0 heterocycles. The van der Waals surface area contributed by atoms with E-state index < -0.39 is 0 Å². The Hall–Kier alpha value is -0.670. The quantitative estimate of drug-likeness (QED) is 0.723. The molecule has 0 radical (unpaired) electrons. The molecule has 3 fully saturated rings. The smallest absolute Gasteiger partial charge is 0.155 e. The van der Waals surface area contributed by atoms with Gasteiger partial charge < -0.3 is 10.2 Å². The number of carbonyl (C=O) groups is 1. The average molecular weight is 304 g/mol. The van der Waals surface area contributed by atoms with E-state index in [0.717, 1.165) is 32.1 Å². The number of ketones is 1. The number of fused-ring (bicyclic) bond motifs is 5. The summed E-state index contributed by atoms with van der Waals surface area (Å²) in [6.45, 7) is 4.54. The minimum atomic E-state index is -0.355. The van der Waals surface area contributed by atoms with Crippen molar-refractivity contribution >= 4 is 5.78 Å². The number of hydrogen-bond acceptors (Lipinski definition) is 3. The summed E-state index contributed by atoms with van der Waals surface area (Å²) in [7, 11) is 0. The SMILES string of the molecule is CC12CCC(=O)C=C1CCC1[C@@H]3[C@@H](O)C[C@H](O)C3(C)CC[C@@H]12. The molecule has 0 amide bonds. The van der Waals surface area contributed by atoms with E-state index in [1.54, 1.807) is 0 Å². The van der Waals surface area contributed by atoms with Gasteiger partial charge in [-0.2, -0.15) is 0 Å². The van der Waals surface area contributed by atoms with Crippen LogP contribution in [0.4, 0.5) is 0 Å². The molecule has 0 aromatic heterocycles. The lowest BCUT2D eigenvalue weighted by Gasteiger charge is -2.58. The number of carbonyl (C=O) groups excluding carboxylic acids is 1. The highest BCUT2D eigenvalue weighted by Gasteiger charge is 2.61. The Bertz CT molecular complexity index is 539. The van der Waals surface area contributed by atoms with E-state index in [-0.39, 0.29) is 29.0 Å². The number of aliphatic hydroxyl groups is 2. The van der Waals surface area contributed by atoms with Gasteiger partial charge in [-0.05, 0) is 66.8 Å². The fraction of sp³-hybridized carbons (Fsp3) is 0.842. The van der Waals surface area contributed by atoms with E-state index in [1.807, 2.05) is 6.08 Å². The number of hydrogen-bond donors (Lipinski definition) is 2. The topological polar surface area (TPSA) is 57.5 Å². The van der Waals surface area contributed by atoms with E-state index in [0.29, 0.717) is 30.5 Å². The number of allylic oxidation sites excluding steroid dienone is 1. The number of rotatable bonds is 0. The Morgan fingerprint density at radius 1 is 1.14 bits per heavy atom. The van der Waals surface area contributed by atoms with Crippen LogP contribution in [0.2, 0.25) is 0 Å². The van der Waals surface area contributed by atoms with Gasteiger partial charge in [0.05, 0.1) is 12.2 Å². The van der Waals surface area contributed by atoms with E-state index in [1.165, 1.54) is 5.57 Å². The van der Waals surface area contributed by atoms with Crippen LogP contribution in [-0.4, -0.2) is 28.2 Å². The zero-order valence-electron chi connectivity index (χ0n) is 13.7. The average Bonchev–Trinajstić information content (AvgIpc) is 2.70. The maximum absolute atomic E-state index is 11.8. The molecular formula is C19H28O3. The maximum atomic E-state index is 11.8. The molecule has 4 aliphatic carbocycles. The van der Waals surface area contributed by atoms with Crippen LogP contribution in [0.5, 0.6) is 0 Å². The largest absolute Gasteiger partial charge is 0.393 e. The van der Waals surface area contributed by atoms with Gasteiger partial charge in [0.25, 0.3) is 0 Å². The Kier molecular flexibility index (Phi) is 3.16. The summed E-state index contributed by atoms with van der Waals surface area (Å²) in [5, 5.41) is 21.1. The van der Waals surface area contributed by atoms with Crippen LogP contribution in [0.15, 0.2) is 11.6 Å². The van der Waals surface area contributed by atoms with Crippen molar-refractivity contribution in [3.8, 4) is 0 Å². The molecule has 0 aromatic carbocycles. The minimum absolute atomic E-state index is 0.108. The van der Waals surface area contributed by atoms with Crippen molar-refractivity contribution in [2.24, 2.45) is 28.6 Å². The van der Waals surface area contributed by atoms with Crippen LogP contribution in [-0.2, 0) is 4.79 Å². The van der Waals surface area contributed by atoms with Crippen LogP contribution in [0.1, 0.15) is 58.8 Å². The van der Waals surface area contributed by atoms with Gasteiger partial charge in [0.1, 0.15) is 0 Å². The third-order valence-corrected chi connectivity index (χ3v) is 7.90. The minimum Gasteiger partial charge on any atom is -0.393 e. The molecule has 7 atom stereocenters. The van der Waals surface area contributed by atoms with Gasteiger partial charge in [-0.3, -0.25) is 4.79 Å². The van der Waals surface area contributed by atoms with Gasteiger partial charge in [-0.1, -0.05) is 19.4 Å². The van der Waals surface area contributed by atoms with Gasteiger partial charge in [-0.15, -0.1) is 0 Å². The van der Waals surface area contributed by atoms with Crippen molar-refractivity contribution in [1.29, 1.82) is 0 Å². The summed E-state index contributed by atoms with van der Waals surface area (Å²) >= 11 is 0. The Morgan fingerprint density at radius 3 is 2.68 bits per heavy atom. The van der Waals surface area contributed by atoms with Crippen molar-refractivity contribution < 1.29 is 15.0 Å². The van der Waals surface area contributed by atoms with E-state index in [2.05, 4.69) is 13.8 Å². The van der Waals surface area contributed by atoms with Gasteiger partial charge in [0.2, 0.25) is 0 Å². The van der Waals surface area contributed by atoms with Crippen molar-refractivity contribution in [3.05, 3.63) is 11.6 Å². The van der Waals surface area contributed by atoms with Crippen molar-refractivity contribution in [1.82, 2.24) is 0 Å².